The average molecular weight is 510 g/mol. The zero-order valence-corrected chi connectivity index (χ0v) is 18.7. The number of carbonyl (C=O) groups is 1. The van der Waals surface area contributed by atoms with Gasteiger partial charge in [-0.05, 0) is 66.3 Å². The Labute approximate surface area is 201 Å². The summed E-state index contributed by atoms with van der Waals surface area (Å²) >= 11 is 6.03. The number of aromatic nitrogens is 1. The fourth-order valence-electron chi connectivity index (χ4n) is 3.96. The number of allylic oxidation sites excluding steroid dienone is 2. The summed E-state index contributed by atoms with van der Waals surface area (Å²) in [6.07, 6.45) is -2.60. The van der Waals surface area contributed by atoms with Crippen LogP contribution < -0.4 is 4.74 Å². The number of benzene rings is 2. The van der Waals surface area contributed by atoms with E-state index in [1.807, 2.05) is 0 Å². The van der Waals surface area contributed by atoms with E-state index in [-0.39, 0.29) is 23.1 Å². The number of rotatable bonds is 6. The van der Waals surface area contributed by atoms with Gasteiger partial charge in [0.25, 0.3) is 0 Å². The molecule has 1 N–H and O–H groups in total. The quantitative estimate of drug-likeness (QED) is 0.352. The number of alkyl halides is 3. The van der Waals surface area contributed by atoms with Crippen LogP contribution in [0.15, 0.2) is 48.7 Å². The summed E-state index contributed by atoms with van der Waals surface area (Å²) in [6.45, 7) is -0.174. The number of carboxylic acids is 1. The molecule has 2 aromatic carbocycles. The number of ether oxygens (including phenoxy) is 1. The molecule has 1 heterocycles. The first-order valence-corrected chi connectivity index (χ1v) is 10.8. The van der Waals surface area contributed by atoms with Crippen molar-refractivity contribution in [2.75, 3.05) is 0 Å². The maximum absolute atomic E-state index is 13.9. The first-order chi connectivity index (χ1) is 16.5. The fraction of sp³-hybridized carbons (Fsp3) is 0.200. The van der Waals surface area contributed by atoms with Crippen LogP contribution in [-0.4, -0.2) is 16.1 Å². The van der Waals surface area contributed by atoms with Crippen molar-refractivity contribution in [3.05, 3.63) is 93.1 Å². The number of nitrogens with zero attached hydrogens (tertiary/aromatic N) is 1. The SMILES string of the molecule is O=C(O)c1cc(C2=C(c3cc(C(F)(F)F)cnc3OCc3ccc(F)cc3Cl)CCC2)ccc1F. The molecule has 10 heteroatoms. The maximum atomic E-state index is 13.9. The largest absolute Gasteiger partial charge is 0.478 e. The Morgan fingerprint density at radius 2 is 1.80 bits per heavy atom. The Morgan fingerprint density at radius 1 is 1.06 bits per heavy atom. The number of hydrogen-bond acceptors (Lipinski definition) is 3. The van der Waals surface area contributed by atoms with Crippen molar-refractivity contribution in [3.8, 4) is 5.88 Å². The number of hydrogen-bond donors (Lipinski definition) is 1. The van der Waals surface area contributed by atoms with Crippen LogP contribution in [0, 0.1) is 11.6 Å². The predicted octanol–water partition coefficient (Wildman–Crippen LogP) is 7.40. The van der Waals surface area contributed by atoms with Crippen molar-refractivity contribution in [1.82, 2.24) is 4.98 Å². The third-order valence-corrected chi connectivity index (χ3v) is 6.00. The highest BCUT2D eigenvalue weighted by Crippen LogP contribution is 2.44. The van der Waals surface area contributed by atoms with E-state index in [4.69, 9.17) is 16.3 Å². The van der Waals surface area contributed by atoms with Gasteiger partial charge in [-0.15, -0.1) is 0 Å². The molecule has 0 fully saturated rings. The molecule has 0 saturated heterocycles. The molecule has 1 aromatic heterocycles. The molecule has 0 bridgehead atoms. The molecule has 1 aliphatic rings. The highest BCUT2D eigenvalue weighted by molar-refractivity contribution is 6.31. The van der Waals surface area contributed by atoms with Crippen molar-refractivity contribution in [2.45, 2.75) is 32.0 Å². The second-order valence-corrected chi connectivity index (χ2v) is 8.32. The van der Waals surface area contributed by atoms with E-state index < -0.39 is 34.9 Å². The molecule has 1 aliphatic carbocycles. The second kappa shape index (κ2) is 9.65. The number of pyridine rings is 1. The van der Waals surface area contributed by atoms with Gasteiger partial charge in [0.05, 0.1) is 16.1 Å². The van der Waals surface area contributed by atoms with Gasteiger partial charge in [-0.2, -0.15) is 13.2 Å². The Bertz CT molecular complexity index is 1340. The number of aromatic carboxylic acids is 1. The second-order valence-electron chi connectivity index (χ2n) is 7.91. The minimum absolute atomic E-state index is 0.0895. The summed E-state index contributed by atoms with van der Waals surface area (Å²) in [5, 5.41) is 9.35. The third kappa shape index (κ3) is 5.30. The lowest BCUT2D eigenvalue weighted by Crippen LogP contribution is -2.09. The van der Waals surface area contributed by atoms with Gasteiger partial charge in [-0.25, -0.2) is 18.6 Å². The zero-order valence-electron chi connectivity index (χ0n) is 17.9. The molecule has 0 amide bonds. The first-order valence-electron chi connectivity index (χ1n) is 10.4. The van der Waals surface area contributed by atoms with Crippen molar-refractivity contribution < 1.29 is 36.6 Å². The minimum Gasteiger partial charge on any atom is -0.478 e. The van der Waals surface area contributed by atoms with E-state index in [9.17, 15) is 31.9 Å². The van der Waals surface area contributed by atoms with Gasteiger partial charge in [0.15, 0.2) is 0 Å². The van der Waals surface area contributed by atoms with Crippen molar-refractivity contribution in [3.63, 3.8) is 0 Å². The molecular formula is C25H17ClF5NO3. The standard InChI is InChI=1S/C25H17ClF5NO3/c26-21-10-16(27)6-4-14(21)12-35-23-19(9-15(11-32-23)25(29,30)31)18-3-1-2-17(18)13-5-7-22(28)20(8-13)24(33)34/h4-11H,1-3,12H2,(H,33,34). The molecule has 182 valence electrons. The van der Waals surface area contributed by atoms with Gasteiger partial charge in [-0.1, -0.05) is 23.7 Å². The molecule has 4 rings (SSSR count). The molecule has 3 aromatic rings. The van der Waals surface area contributed by atoms with Gasteiger partial charge in [0.2, 0.25) is 5.88 Å². The van der Waals surface area contributed by atoms with E-state index in [2.05, 4.69) is 4.98 Å². The Hall–Kier alpha value is -3.46. The lowest BCUT2D eigenvalue weighted by molar-refractivity contribution is -0.137. The highest BCUT2D eigenvalue weighted by Gasteiger charge is 2.33. The predicted molar refractivity (Wildman–Crippen MR) is 119 cm³/mol. The van der Waals surface area contributed by atoms with Gasteiger partial charge in [-0.3, -0.25) is 0 Å². The molecule has 4 nitrogen and oxygen atoms in total. The number of carboxylic acid groups (broad SMARTS) is 1. The summed E-state index contributed by atoms with van der Waals surface area (Å²) in [4.78, 5) is 15.3. The summed E-state index contributed by atoms with van der Waals surface area (Å²) < 4.78 is 73.4. The monoisotopic (exact) mass is 509 g/mol. The zero-order chi connectivity index (χ0) is 25.3. The van der Waals surface area contributed by atoms with Crippen molar-refractivity contribution >= 4 is 28.7 Å². The van der Waals surface area contributed by atoms with Crippen LogP contribution in [0.25, 0.3) is 11.1 Å². The number of halogens is 6. The van der Waals surface area contributed by atoms with Crippen molar-refractivity contribution in [1.29, 1.82) is 0 Å². The van der Waals surface area contributed by atoms with Crippen LogP contribution in [0.3, 0.4) is 0 Å². The summed E-state index contributed by atoms with van der Waals surface area (Å²) in [5.41, 5.74) is 0.443. The highest BCUT2D eigenvalue weighted by atomic mass is 35.5. The summed E-state index contributed by atoms with van der Waals surface area (Å²) in [5.74, 6) is -3.01. The van der Waals surface area contributed by atoms with Gasteiger partial charge in [0.1, 0.15) is 18.2 Å². The van der Waals surface area contributed by atoms with Gasteiger partial charge in [0, 0.05) is 17.3 Å². The molecular weight excluding hydrogens is 493 g/mol. The van der Waals surface area contributed by atoms with E-state index in [0.717, 1.165) is 24.3 Å². The van der Waals surface area contributed by atoms with E-state index in [1.54, 1.807) is 0 Å². The molecule has 0 atom stereocenters. The van der Waals surface area contributed by atoms with Crippen LogP contribution >= 0.6 is 11.6 Å². The van der Waals surface area contributed by atoms with E-state index in [1.165, 1.54) is 18.2 Å². The van der Waals surface area contributed by atoms with Crippen LogP contribution in [-0.2, 0) is 12.8 Å². The fourth-order valence-corrected chi connectivity index (χ4v) is 4.18. The lowest BCUT2D eigenvalue weighted by Gasteiger charge is -2.16. The Kier molecular flexibility index (Phi) is 6.80. The van der Waals surface area contributed by atoms with Crippen LogP contribution in [0.2, 0.25) is 5.02 Å². The molecule has 0 saturated carbocycles. The van der Waals surface area contributed by atoms with Gasteiger partial charge < -0.3 is 9.84 Å². The average Bonchev–Trinajstić information content (AvgIpc) is 3.27. The first kappa shape index (κ1) is 24.7. The summed E-state index contributed by atoms with van der Waals surface area (Å²) in [6, 6.07) is 8.16. The third-order valence-electron chi connectivity index (χ3n) is 5.65. The maximum Gasteiger partial charge on any atom is 0.417 e. The van der Waals surface area contributed by atoms with Crippen molar-refractivity contribution in [2.24, 2.45) is 0 Å². The molecule has 0 aliphatic heterocycles. The Balaban J connectivity index is 1.80. The van der Waals surface area contributed by atoms with E-state index >= 15 is 0 Å². The normalized spacial score (nSPS) is 13.9. The molecule has 0 unspecified atom stereocenters. The smallest absolute Gasteiger partial charge is 0.417 e. The summed E-state index contributed by atoms with van der Waals surface area (Å²) in [7, 11) is 0. The minimum atomic E-state index is -4.66. The van der Waals surface area contributed by atoms with Gasteiger partial charge >= 0.3 is 12.1 Å². The lowest BCUT2D eigenvalue weighted by atomic mass is 9.95. The molecule has 0 spiro atoms. The molecule has 35 heavy (non-hydrogen) atoms. The van der Waals surface area contributed by atoms with E-state index in [0.29, 0.717) is 47.7 Å². The molecule has 0 radical (unpaired) electrons. The Morgan fingerprint density at radius 3 is 2.49 bits per heavy atom. The van der Waals surface area contributed by atoms with Crippen LogP contribution in [0.4, 0.5) is 22.0 Å². The topological polar surface area (TPSA) is 59.4 Å². The van der Waals surface area contributed by atoms with Crippen LogP contribution in [0.1, 0.15) is 51.9 Å². The van der Waals surface area contributed by atoms with Crippen LogP contribution in [0.5, 0.6) is 5.88 Å².